The summed E-state index contributed by atoms with van der Waals surface area (Å²) in [4.78, 5) is 18.0. The van der Waals surface area contributed by atoms with Crippen molar-refractivity contribution >= 4 is 29.9 Å². The van der Waals surface area contributed by atoms with E-state index in [0.29, 0.717) is 43.3 Å². The van der Waals surface area contributed by atoms with Crippen molar-refractivity contribution in [2.75, 3.05) is 55.7 Å². The van der Waals surface area contributed by atoms with Crippen LogP contribution in [0.15, 0.2) is 36.4 Å². The highest BCUT2D eigenvalue weighted by Gasteiger charge is 2.31. The third-order valence-electron chi connectivity index (χ3n) is 6.71. The molecule has 3 heterocycles. The summed E-state index contributed by atoms with van der Waals surface area (Å²) in [6.45, 7) is 5.79. The molecule has 174 valence electrons. The molecular formula is C24H29BFN3O4. The molecule has 0 bridgehead atoms. The predicted molar refractivity (Wildman–Crippen MR) is 126 cm³/mol. The van der Waals surface area contributed by atoms with Crippen molar-refractivity contribution in [3.63, 3.8) is 0 Å². The molecule has 0 saturated carbocycles. The Bertz CT molecular complexity index is 1020. The number of ether oxygens (including phenoxy) is 1. The van der Waals surface area contributed by atoms with Gasteiger partial charge in [0.15, 0.2) is 0 Å². The second kappa shape index (κ2) is 9.71. The van der Waals surface area contributed by atoms with Crippen LogP contribution in [0.5, 0.6) is 5.75 Å². The van der Waals surface area contributed by atoms with Crippen molar-refractivity contribution in [2.24, 2.45) is 0 Å². The number of nitrogens with zero attached hydrogens (tertiary/aromatic N) is 3. The molecule has 2 saturated heterocycles. The van der Waals surface area contributed by atoms with Gasteiger partial charge in [-0.15, -0.1) is 0 Å². The first-order valence-electron chi connectivity index (χ1n) is 11.7. The molecule has 2 aromatic rings. The van der Waals surface area contributed by atoms with Gasteiger partial charge in [-0.3, -0.25) is 9.69 Å². The molecule has 3 aliphatic rings. The Morgan fingerprint density at radius 2 is 1.97 bits per heavy atom. The lowest BCUT2D eigenvalue weighted by Crippen LogP contribution is -2.47. The predicted octanol–water partition coefficient (Wildman–Crippen LogP) is 1.76. The molecule has 0 aliphatic carbocycles. The molecule has 0 unspecified atom stereocenters. The van der Waals surface area contributed by atoms with E-state index in [1.807, 2.05) is 24.3 Å². The van der Waals surface area contributed by atoms with Crippen LogP contribution in [0.3, 0.4) is 0 Å². The molecule has 0 atom stereocenters. The van der Waals surface area contributed by atoms with Crippen LogP contribution >= 0.6 is 0 Å². The van der Waals surface area contributed by atoms with Gasteiger partial charge in [0.2, 0.25) is 5.91 Å². The van der Waals surface area contributed by atoms with Gasteiger partial charge in [0, 0.05) is 56.8 Å². The fourth-order valence-corrected chi connectivity index (χ4v) is 4.90. The smallest absolute Gasteiger partial charge is 0.494 e. The summed E-state index contributed by atoms with van der Waals surface area (Å²) in [7, 11) is -0.908. The van der Waals surface area contributed by atoms with Gasteiger partial charge in [0.25, 0.3) is 0 Å². The minimum absolute atomic E-state index is 0.0703. The summed E-state index contributed by atoms with van der Waals surface area (Å²) in [5, 5.41) is 9.98. The molecule has 0 spiro atoms. The highest BCUT2D eigenvalue weighted by atomic mass is 19.1. The van der Waals surface area contributed by atoms with Gasteiger partial charge < -0.3 is 24.2 Å². The van der Waals surface area contributed by atoms with Crippen LogP contribution in [0.1, 0.15) is 24.8 Å². The zero-order valence-corrected chi connectivity index (χ0v) is 18.7. The van der Waals surface area contributed by atoms with Crippen molar-refractivity contribution in [3.05, 3.63) is 47.8 Å². The summed E-state index contributed by atoms with van der Waals surface area (Å²) in [5.74, 6) is 0.494. The number of fused-ring (bicyclic) bond motifs is 1. The number of anilines is 2. The Hall–Kier alpha value is -2.62. The molecule has 33 heavy (non-hydrogen) atoms. The van der Waals surface area contributed by atoms with E-state index in [2.05, 4.69) is 9.80 Å². The molecule has 2 fully saturated rings. The maximum atomic E-state index is 14.8. The van der Waals surface area contributed by atoms with Crippen molar-refractivity contribution in [1.29, 1.82) is 0 Å². The quantitative estimate of drug-likeness (QED) is 0.510. The van der Waals surface area contributed by atoms with E-state index in [1.54, 1.807) is 11.0 Å². The highest BCUT2D eigenvalue weighted by molar-refractivity contribution is 6.62. The van der Waals surface area contributed by atoms with Gasteiger partial charge >= 0.3 is 7.12 Å². The van der Waals surface area contributed by atoms with Crippen LogP contribution in [0.25, 0.3) is 0 Å². The van der Waals surface area contributed by atoms with E-state index in [4.69, 9.17) is 9.39 Å². The summed E-state index contributed by atoms with van der Waals surface area (Å²) >= 11 is 0. The monoisotopic (exact) mass is 453 g/mol. The van der Waals surface area contributed by atoms with Crippen LogP contribution in [-0.4, -0.2) is 68.8 Å². The molecule has 9 heteroatoms. The van der Waals surface area contributed by atoms with E-state index in [1.165, 1.54) is 6.07 Å². The molecule has 0 radical (unpaired) electrons. The molecular weight excluding hydrogens is 424 g/mol. The Kier molecular flexibility index (Phi) is 6.53. The summed E-state index contributed by atoms with van der Waals surface area (Å²) in [5.41, 5.74) is 2.98. The zero-order valence-electron chi connectivity index (χ0n) is 18.7. The maximum Gasteiger partial charge on any atom is 0.495 e. The number of carbonyl (C=O) groups excluding carboxylic acids is 1. The van der Waals surface area contributed by atoms with E-state index in [-0.39, 0.29) is 11.7 Å². The average molecular weight is 453 g/mol. The second-order valence-electron chi connectivity index (χ2n) is 8.81. The standard InChI is InChI=1S/C24H29BFN3O4/c26-20-16-19(29-10-2-6-23(29)30)7-8-21(20)28-13-11-27(12-14-28)9-3-15-32-22-5-1-4-18-17-33-25(31)24(18)22/h1,4-5,7-8,16,31H,2-3,6,9-15,17H2. The largest absolute Gasteiger partial charge is 0.495 e. The first kappa shape index (κ1) is 22.2. The lowest BCUT2D eigenvalue weighted by Gasteiger charge is -2.36. The van der Waals surface area contributed by atoms with Crippen LogP contribution in [0.2, 0.25) is 0 Å². The van der Waals surface area contributed by atoms with Crippen molar-refractivity contribution in [1.82, 2.24) is 4.90 Å². The molecule has 5 rings (SSSR count). The van der Waals surface area contributed by atoms with Gasteiger partial charge in [-0.1, -0.05) is 12.1 Å². The number of benzene rings is 2. The van der Waals surface area contributed by atoms with Crippen LogP contribution < -0.4 is 20.0 Å². The van der Waals surface area contributed by atoms with Crippen LogP contribution in [-0.2, 0) is 16.1 Å². The van der Waals surface area contributed by atoms with Gasteiger partial charge in [0.05, 0.1) is 18.9 Å². The highest BCUT2D eigenvalue weighted by Crippen LogP contribution is 2.28. The van der Waals surface area contributed by atoms with Crippen LogP contribution in [0, 0.1) is 5.82 Å². The van der Waals surface area contributed by atoms with E-state index >= 15 is 0 Å². The van der Waals surface area contributed by atoms with Crippen molar-refractivity contribution < 1.29 is 23.6 Å². The van der Waals surface area contributed by atoms with Crippen molar-refractivity contribution in [3.8, 4) is 5.75 Å². The third-order valence-corrected chi connectivity index (χ3v) is 6.71. The number of hydrogen-bond acceptors (Lipinski definition) is 6. The minimum atomic E-state index is -0.908. The average Bonchev–Trinajstić information content (AvgIpc) is 3.43. The first-order chi connectivity index (χ1) is 16.1. The third kappa shape index (κ3) is 4.71. The molecule has 3 aliphatic heterocycles. The second-order valence-corrected chi connectivity index (χ2v) is 8.81. The Morgan fingerprint density at radius 3 is 2.73 bits per heavy atom. The van der Waals surface area contributed by atoms with Gasteiger partial charge in [-0.05, 0) is 42.7 Å². The van der Waals surface area contributed by atoms with E-state index in [0.717, 1.165) is 56.6 Å². The van der Waals surface area contributed by atoms with Crippen molar-refractivity contribution in [2.45, 2.75) is 25.9 Å². The summed E-state index contributed by atoms with van der Waals surface area (Å²) in [6, 6.07) is 10.9. The fraction of sp³-hybridized carbons (Fsp3) is 0.458. The SMILES string of the molecule is O=C1CCCN1c1ccc(N2CCN(CCCOc3cccc4c3B(O)OC4)CC2)c(F)c1. The maximum absolute atomic E-state index is 14.8. The Labute approximate surface area is 193 Å². The molecule has 1 N–H and O–H groups in total. The number of rotatable bonds is 7. The minimum Gasteiger partial charge on any atom is -0.494 e. The summed E-state index contributed by atoms with van der Waals surface area (Å²) in [6.07, 6.45) is 2.24. The number of carbonyl (C=O) groups is 1. The van der Waals surface area contributed by atoms with E-state index < -0.39 is 7.12 Å². The van der Waals surface area contributed by atoms with Gasteiger partial charge in [0.1, 0.15) is 11.6 Å². The van der Waals surface area contributed by atoms with Crippen LogP contribution in [0.4, 0.5) is 15.8 Å². The summed E-state index contributed by atoms with van der Waals surface area (Å²) < 4.78 is 26.0. The molecule has 1 amide bonds. The Balaban J connectivity index is 1.08. The number of amides is 1. The van der Waals surface area contributed by atoms with E-state index in [9.17, 15) is 14.2 Å². The fourth-order valence-electron chi connectivity index (χ4n) is 4.90. The first-order valence-corrected chi connectivity index (χ1v) is 11.7. The molecule has 0 aromatic heterocycles. The molecule has 2 aromatic carbocycles. The topological polar surface area (TPSA) is 65.5 Å². The normalized spacial score (nSPS) is 18.8. The van der Waals surface area contributed by atoms with Gasteiger partial charge in [-0.2, -0.15) is 0 Å². The zero-order chi connectivity index (χ0) is 22.8. The van der Waals surface area contributed by atoms with Gasteiger partial charge in [-0.25, -0.2) is 4.39 Å². The molecule has 7 nitrogen and oxygen atoms in total. The number of halogens is 1. The lowest BCUT2D eigenvalue weighted by molar-refractivity contribution is -0.117. The Morgan fingerprint density at radius 1 is 1.12 bits per heavy atom. The lowest BCUT2D eigenvalue weighted by atomic mass is 9.79. The number of hydrogen-bond donors (Lipinski definition) is 1. The number of piperazine rings is 1.